The Hall–Kier alpha value is -3.92. The molecule has 3 aliphatic rings. The van der Waals surface area contributed by atoms with Gasteiger partial charge >= 0.3 is 5.97 Å². The Kier molecular flexibility index (Phi) is 5.68. The minimum atomic E-state index is -2.44. The van der Waals surface area contributed by atoms with Gasteiger partial charge in [0.25, 0.3) is 0 Å². The van der Waals surface area contributed by atoms with E-state index in [2.05, 4.69) is 5.32 Å². The molecule has 0 radical (unpaired) electrons. The third-order valence-corrected chi connectivity index (χ3v) is 7.75. The van der Waals surface area contributed by atoms with Gasteiger partial charge in [-0.05, 0) is 29.8 Å². The summed E-state index contributed by atoms with van der Waals surface area (Å²) < 4.78 is 16.8. The molecule has 3 aromatic carbocycles. The van der Waals surface area contributed by atoms with E-state index in [4.69, 9.17) is 37.4 Å². The number of rotatable bonds is 4. The number of benzene rings is 3. The molecule has 1 fully saturated rings. The number of ether oxygens (including phenoxy) is 3. The van der Waals surface area contributed by atoms with Crippen LogP contribution < -0.4 is 14.8 Å². The number of carboxylic acids is 1. The number of fused-ring (bicyclic) bond motifs is 2. The molecule has 9 nitrogen and oxygen atoms in total. The Balaban J connectivity index is 1.47. The zero-order valence-electron chi connectivity index (χ0n) is 19.3. The standard InChI is InChI=1S/C27H17Cl2NO8/c28-16-7-5-12(9-17(16)29)22-20(25(33)30-13-6-8-18-19(10-13)37-11-36-18)21(26(34)35)27(38-22)23(31)14-3-1-2-4-15(14)24(27)32/h1-10,20-22H,11H2,(H,30,33)(H,34,35)/t20-,21-,22-/m0/s1. The number of hydrogen-bond acceptors (Lipinski definition) is 7. The highest BCUT2D eigenvalue weighted by atomic mass is 35.5. The smallest absolute Gasteiger partial charge is 0.311 e. The van der Waals surface area contributed by atoms with Crippen molar-refractivity contribution in [2.45, 2.75) is 11.7 Å². The Bertz CT molecular complexity index is 1520. The first kappa shape index (κ1) is 24.4. The molecule has 1 spiro atoms. The fraction of sp³-hybridized carbons (Fsp3) is 0.185. The minimum absolute atomic E-state index is 0.0248. The maximum atomic E-state index is 13.8. The second-order valence-electron chi connectivity index (χ2n) is 9.05. The van der Waals surface area contributed by atoms with Gasteiger partial charge in [-0.25, -0.2) is 0 Å². The third kappa shape index (κ3) is 3.50. The average Bonchev–Trinajstić information content (AvgIpc) is 3.57. The summed E-state index contributed by atoms with van der Waals surface area (Å²) in [7, 11) is 0. The molecule has 0 saturated carbocycles. The van der Waals surface area contributed by atoms with Crippen LogP contribution in [0.4, 0.5) is 5.69 Å². The van der Waals surface area contributed by atoms with Crippen molar-refractivity contribution in [3.8, 4) is 11.5 Å². The monoisotopic (exact) mass is 553 g/mol. The topological polar surface area (TPSA) is 128 Å². The summed E-state index contributed by atoms with van der Waals surface area (Å²) in [6.07, 6.45) is -1.32. The average molecular weight is 554 g/mol. The van der Waals surface area contributed by atoms with Crippen LogP contribution in [-0.4, -0.2) is 40.9 Å². The number of aliphatic carboxylic acids is 1. The number of carboxylic acid groups (broad SMARTS) is 1. The van der Waals surface area contributed by atoms with Crippen LogP contribution in [0.25, 0.3) is 0 Å². The summed E-state index contributed by atoms with van der Waals surface area (Å²) in [5.41, 5.74) is -1.79. The maximum absolute atomic E-state index is 13.8. The summed E-state index contributed by atoms with van der Waals surface area (Å²) in [5, 5.41) is 13.4. The number of Topliss-reactive ketones (excluding diaryl/α,β-unsaturated/α-hetero) is 2. The van der Waals surface area contributed by atoms with Gasteiger partial charge in [0.2, 0.25) is 29.9 Å². The lowest BCUT2D eigenvalue weighted by Crippen LogP contribution is -2.52. The largest absolute Gasteiger partial charge is 0.481 e. The first-order valence-corrected chi connectivity index (χ1v) is 12.2. The number of halogens is 2. The molecule has 11 heteroatoms. The van der Waals surface area contributed by atoms with Gasteiger partial charge in [0.05, 0.1) is 22.1 Å². The lowest BCUT2D eigenvalue weighted by Gasteiger charge is -2.25. The third-order valence-electron chi connectivity index (χ3n) is 7.01. The fourth-order valence-corrected chi connectivity index (χ4v) is 5.63. The molecule has 3 aromatic rings. The van der Waals surface area contributed by atoms with E-state index in [0.29, 0.717) is 17.2 Å². The number of nitrogens with one attached hydrogen (secondary N) is 1. The SMILES string of the molecule is O=C(Nc1ccc2c(c1)OCO2)[C@H]1[C@@H](C(=O)O)C2(O[C@H]1c1ccc(Cl)c(Cl)c1)C(=O)c1ccccc1C2=O. The Morgan fingerprint density at radius 1 is 0.895 bits per heavy atom. The van der Waals surface area contributed by atoms with Crippen LogP contribution in [0.5, 0.6) is 11.5 Å². The lowest BCUT2D eigenvalue weighted by atomic mass is 9.75. The van der Waals surface area contributed by atoms with Gasteiger partial charge in [0, 0.05) is 22.9 Å². The van der Waals surface area contributed by atoms with E-state index >= 15 is 0 Å². The van der Waals surface area contributed by atoms with E-state index in [1.165, 1.54) is 36.4 Å². The first-order chi connectivity index (χ1) is 18.2. The second-order valence-corrected chi connectivity index (χ2v) is 9.86. The molecule has 6 rings (SSSR count). The van der Waals surface area contributed by atoms with Crippen molar-refractivity contribution in [1.82, 2.24) is 0 Å². The van der Waals surface area contributed by atoms with Gasteiger partial charge in [0.15, 0.2) is 11.5 Å². The van der Waals surface area contributed by atoms with Crippen LogP contribution in [0.2, 0.25) is 10.0 Å². The van der Waals surface area contributed by atoms with Gasteiger partial charge < -0.3 is 24.6 Å². The molecule has 38 heavy (non-hydrogen) atoms. The van der Waals surface area contributed by atoms with Gasteiger partial charge in [-0.1, -0.05) is 53.5 Å². The molecular formula is C27H17Cl2NO8. The van der Waals surface area contributed by atoms with E-state index in [1.807, 2.05) is 0 Å². The minimum Gasteiger partial charge on any atom is -0.481 e. The summed E-state index contributed by atoms with van der Waals surface area (Å²) in [4.78, 5) is 53.9. The van der Waals surface area contributed by atoms with Crippen molar-refractivity contribution in [3.05, 3.63) is 87.4 Å². The summed E-state index contributed by atoms with van der Waals surface area (Å²) in [6, 6.07) is 15.1. The number of carbonyl (C=O) groups is 4. The van der Waals surface area contributed by atoms with E-state index < -0.39 is 47.0 Å². The van der Waals surface area contributed by atoms with Crippen LogP contribution in [0, 0.1) is 11.8 Å². The first-order valence-electron chi connectivity index (χ1n) is 11.5. The Morgan fingerprint density at radius 3 is 2.24 bits per heavy atom. The predicted octanol–water partition coefficient (Wildman–Crippen LogP) is 4.57. The molecule has 1 saturated heterocycles. The number of carbonyl (C=O) groups excluding carboxylic acids is 3. The predicted molar refractivity (Wildman–Crippen MR) is 134 cm³/mol. The van der Waals surface area contributed by atoms with Crippen molar-refractivity contribution >= 4 is 52.3 Å². The van der Waals surface area contributed by atoms with E-state index in [1.54, 1.807) is 24.3 Å². The zero-order valence-corrected chi connectivity index (χ0v) is 20.8. The lowest BCUT2D eigenvalue weighted by molar-refractivity contribution is -0.147. The normalized spacial score (nSPS) is 22.5. The van der Waals surface area contributed by atoms with E-state index in [-0.39, 0.29) is 33.5 Å². The fourth-order valence-electron chi connectivity index (χ4n) is 5.33. The van der Waals surface area contributed by atoms with Gasteiger partial charge in [0.1, 0.15) is 5.92 Å². The highest BCUT2D eigenvalue weighted by Crippen LogP contribution is 2.54. The molecule has 2 N–H and O–H groups in total. The van der Waals surface area contributed by atoms with Crippen molar-refractivity contribution < 1.29 is 38.5 Å². The van der Waals surface area contributed by atoms with Crippen LogP contribution in [0.3, 0.4) is 0 Å². The number of amides is 1. The summed E-state index contributed by atoms with van der Waals surface area (Å²) in [6.45, 7) is 0.0248. The number of anilines is 1. The van der Waals surface area contributed by atoms with Crippen molar-refractivity contribution in [2.24, 2.45) is 11.8 Å². The number of hydrogen-bond donors (Lipinski definition) is 2. The van der Waals surface area contributed by atoms with Crippen LogP contribution >= 0.6 is 23.2 Å². The summed E-state index contributed by atoms with van der Waals surface area (Å²) in [5.74, 6) is -6.39. The zero-order chi connectivity index (χ0) is 26.8. The quantitative estimate of drug-likeness (QED) is 0.449. The van der Waals surface area contributed by atoms with Crippen LogP contribution in [0.15, 0.2) is 60.7 Å². The van der Waals surface area contributed by atoms with Crippen molar-refractivity contribution in [3.63, 3.8) is 0 Å². The molecule has 3 atom stereocenters. The molecule has 0 bridgehead atoms. The highest BCUT2D eigenvalue weighted by molar-refractivity contribution is 6.42. The van der Waals surface area contributed by atoms with E-state index in [0.717, 1.165) is 0 Å². The molecule has 1 aliphatic carbocycles. The van der Waals surface area contributed by atoms with Crippen LogP contribution in [0.1, 0.15) is 32.4 Å². The van der Waals surface area contributed by atoms with Gasteiger partial charge in [-0.3, -0.25) is 19.2 Å². The second kappa shape index (κ2) is 8.83. The molecule has 192 valence electrons. The molecule has 1 amide bonds. The molecule has 0 unspecified atom stereocenters. The van der Waals surface area contributed by atoms with Crippen molar-refractivity contribution in [1.29, 1.82) is 0 Å². The maximum Gasteiger partial charge on any atom is 0.311 e. The molecular weight excluding hydrogens is 537 g/mol. The molecule has 2 aliphatic heterocycles. The number of ketones is 2. The van der Waals surface area contributed by atoms with Crippen LogP contribution in [-0.2, 0) is 14.3 Å². The van der Waals surface area contributed by atoms with Gasteiger partial charge in [-0.15, -0.1) is 0 Å². The molecule has 0 aromatic heterocycles. The highest BCUT2D eigenvalue weighted by Gasteiger charge is 2.71. The Morgan fingerprint density at radius 2 is 1.58 bits per heavy atom. The Labute approximate surface area is 225 Å². The molecule has 2 heterocycles. The summed E-state index contributed by atoms with van der Waals surface area (Å²) >= 11 is 12.3. The van der Waals surface area contributed by atoms with Gasteiger partial charge in [-0.2, -0.15) is 0 Å². The van der Waals surface area contributed by atoms with Crippen molar-refractivity contribution in [2.75, 3.05) is 12.1 Å². The van der Waals surface area contributed by atoms with E-state index in [9.17, 15) is 24.3 Å².